The van der Waals surface area contributed by atoms with E-state index in [2.05, 4.69) is 10.3 Å². The summed E-state index contributed by atoms with van der Waals surface area (Å²) in [7, 11) is -0.330. The average molecular weight is 361 g/mol. The number of carbonyl (C=O) groups is 1. The summed E-state index contributed by atoms with van der Waals surface area (Å²) in [4.78, 5) is 16.6. The molecule has 0 unspecified atom stereocenters. The molecular formula is C14H23N3O4S2. The number of nitrogens with one attached hydrogen (secondary N) is 1. The second-order valence-electron chi connectivity index (χ2n) is 6.17. The van der Waals surface area contributed by atoms with E-state index in [0.717, 1.165) is 5.69 Å². The molecule has 0 aromatic carbocycles. The topological polar surface area (TPSA) is 88.6 Å². The zero-order chi connectivity index (χ0) is 17.2. The van der Waals surface area contributed by atoms with Gasteiger partial charge in [0.2, 0.25) is 10.0 Å². The summed E-state index contributed by atoms with van der Waals surface area (Å²) in [6, 6.07) is -0.316. The fourth-order valence-corrected chi connectivity index (χ4v) is 4.28. The molecule has 0 bridgehead atoms. The van der Waals surface area contributed by atoms with Gasteiger partial charge in [-0.05, 0) is 5.92 Å². The highest BCUT2D eigenvalue weighted by Crippen LogP contribution is 2.20. The van der Waals surface area contributed by atoms with Crippen LogP contribution < -0.4 is 5.32 Å². The van der Waals surface area contributed by atoms with E-state index in [0.29, 0.717) is 18.2 Å². The van der Waals surface area contributed by atoms with Gasteiger partial charge in [-0.2, -0.15) is 0 Å². The number of nitrogens with zero attached hydrogens (tertiary/aromatic N) is 2. The number of ether oxygens (including phenoxy) is 1. The molecule has 9 heteroatoms. The molecule has 1 aliphatic heterocycles. The highest BCUT2D eigenvalue weighted by Gasteiger charge is 2.34. The molecular weight excluding hydrogens is 338 g/mol. The van der Waals surface area contributed by atoms with Crippen molar-refractivity contribution in [1.82, 2.24) is 14.6 Å². The lowest BCUT2D eigenvalue weighted by atomic mass is 10.1. The maximum absolute atomic E-state index is 12.3. The Morgan fingerprint density at radius 1 is 1.48 bits per heavy atom. The zero-order valence-corrected chi connectivity index (χ0v) is 15.4. The molecule has 2 atom stereocenters. The Bertz CT molecular complexity index is 655. The number of hydrogen-bond acceptors (Lipinski definition) is 6. The largest absolute Gasteiger partial charge is 0.379 e. The molecule has 1 N–H and O–H groups in total. The van der Waals surface area contributed by atoms with Crippen molar-refractivity contribution in [3.05, 3.63) is 16.1 Å². The maximum Gasteiger partial charge on any atom is 0.280 e. The number of thiazole rings is 1. The van der Waals surface area contributed by atoms with E-state index in [-0.39, 0.29) is 29.5 Å². The lowest BCUT2D eigenvalue weighted by Crippen LogP contribution is -2.43. The van der Waals surface area contributed by atoms with Gasteiger partial charge in [-0.15, -0.1) is 11.3 Å². The molecule has 1 aromatic heterocycles. The summed E-state index contributed by atoms with van der Waals surface area (Å²) in [6.45, 7) is 4.68. The standard InChI is InChI=1S/C14H23N3O4S2/c1-9(2)12-7-22-14(16-12)13(18)15-11-6-21-5-10(11)8-23(19,20)17(3)4/h7,9-11H,5-6,8H2,1-4H3,(H,15,18)/t10-,11-/m0/s1. The summed E-state index contributed by atoms with van der Waals surface area (Å²) in [5.41, 5.74) is 0.884. The van der Waals surface area contributed by atoms with E-state index < -0.39 is 10.0 Å². The van der Waals surface area contributed by atoms with E-state index in [1.165, 1.54) is 29.7 Å². The third-order valence-electron chi connectivity index (χ3n) is 3.80. The van der Waals surface area contributed by atoms with Crippen molar-refractivity contribution in [2.24, 2.45) is 5.92 Å². The minimum Gasteiger partial charge on any atom is -0.379 e. The monoisotopic (exact) mass is 361 g/mol. The Kier molecular flexibility index (Phi) is 5.77. The lowest BCUT2D eigenvalue weighted by molar-refractivity contribution is 0.0925. The van der Waals surface area contributed by atoms with Crippen LogP contribution in [-0.4, -0.2) is 62.7 Å². The molecule has 1 amide bonds. The Morgan fingerprint density at radius 3 is 2.74 bits per heavy atom. The molecule has 0 aliphatic carbocycles. The highest BCUT2D eigenvalue weighted by molar-refractivity contribution is 7.89. The van der Waals surface area contributed by atoms with Crippen LogP contribution in [0.15, 0.2) is 5.38 Å². The molecule has 1 saturated heterocycles. The molecule has 1 aliphatic rings. The third kappa shape index (κ3) is 4.50. The summed E-state index contributed by atoms with van der Waals surface area (Å²) < 4.78 is 30.6. The fraction of sp³-hybridized carbons (Fsp3) is 0.714. The van der Waals surface area contributed by atoms with Crippen molar-refractivity contribution < 1.29 is 17.9 Å². The highest BCUT2D eigenvalue weighted by atomic mass is 32.2. The molecule has 130 valence electrons. The second-order valence-corrected chi connectivity index (χ2v) is 9.26. The van der Waals surface area contributed by atoms with Crippen LogP contribution in [0.2, 0.25) is 0 Å². The summed E-state index contributed by atoms with van der Waals surface area (Å²) >= 11 is 1.30. The fourth-order valence-electron chi connectivity index (χ4n) is 2.23. The minimum absolute atomic E-state index is 0.0416. The van der Waals surface area contributed by atoms with Crippen molar-refractivity contribution in [3.63, 3.8) is 0 Å². The number of aromatic nitrogens is 1. The molecule has 0 saturated carbocycles. The first-order valence-corrected chi connectivity index (χ1v) is 9.94. The van der Waals surface area contributed by atoms with Gasteiger partial charge >= 0.3 is 0 Å². The Morgan fingerprint density at radius 2 is 2.17 bits per heavy atom. The summed E-state index contributed by atoms with van der Waals surface area (Å²) in [5.74, 6) is -0.304. The van der Waals surface area contributed by atoms with Crippen LogP contribution in [0, 0.1) is 5.92 Å². The van der Waals surface area contributed by atoms with E-state index in [1.54, 1.807) is 0 Å². The number of amides is 1. The molecule has 2 rings (SSSR count). The quantitative estimate of drug-likeness (QED) is 0.813. The molecule has 0 spiro atoms. The Hall–Kier alpha value is -1.03. The molecule has 0 radical (unpaired) electrons. The van der Waals surface area contributed by atoms with E-state index in [4.69, 9.17) is 4.74 Å². The molecule has 7 nitrogen and oxygen atoms in total. The van der Waals surface area contributed by atoms with Crippen LogP contribution in [0.5, 0.6) is 0 Å². The van der Waals surface area contributed by atoms with Gasteiger partial charge in [0.05, 0.1) is 30.7 Å². The molecule has 1 aromatic rings. The van der Waals surface area contributed by atoms with E-state index in [9.17, 15) is 13.2 Å². The molecule has 2 heterocycles. The Labute approximate surface area is 141 Å². The van der Waals surface area contributed by atoms with Crippen molar-refractivity contribution in [1.29, 1.82) is 0 Å². The first kappa shape index (κ1) is 18.3. The van der Waals surface area contributed by atoms with Gasteiger partial charge in [0, 0.05) is 25.4 Å². The van der Waals surface area contributed by atoms with Crippen molar-refractivity contribution in [2.75, 3.05) is 33.1 Å². The van der Waals surface area contributed by atoms with E-state index >= 15 is 0 Å². The van der Waals surface area contributed by atoms with Crippen LogP contribution in [-0.2, 0) is 14.8 Å². The lowest BCUT2D eigenvalue weighted by Gasteiger charge is -2.20. The average Bonchev–Trinajstić information content (AvgIpc) is 3.08. The van der Waals surface area contributed by atoms with Gasteiger partial charge in [0.1, 0.15) is 0 Å². The number of hydrogen-bond donors (Lipinski definition) is 1. The number of rotatable bonds is 6. The predicted molar refractivity (Wildman–Crippen MR) is 89.2 cm³/mol. The minimum atomic E-state index is -3.33. The number of carbonyl (C=O) groups excluding carboxylic acids is 1. The van der Waals surface area contributed by atoms with Crippen LogP contribution >= 0.6 is 11.3 Å². The van der Waals surface area contributed by atoms with Gasteiger partial charge in [0.15, 0.2) is 5.01 Å². The smallest absolute Gasteiger partial charge is 0.280 e. The van der Waals surface area contributed by atoms with Crippen LogP contribution in [0.3, 0.4) is 0 Å². The van der Waals surface area contributed by atoms with Gasteiger partial charge in [-0.1, -0.05) is 13.8 Å². The SMILES string of the molecule is CC(C)c1csc(C(=O)N[C@H]2COC[C@H]2CS(=O)(=O)N(C)C)n1. The zero-order valence-electron chi connectivity index (χ0n) is 13.8. The maximum atomic E-state index is 12.3. The van der Waals surface area contributed by atoms with Gasteiger partial charge in [0.25, 0.3) is 5.91 Å². The second kappa shape index (κ2) is 7.25. The van der Waals surface area contributed by atoms with Crippen LogP contribution in [0.25, 0.3) is 0 Å². The third-order valence-corrected chi connectivity index (χ3v) is 6.62. The summed E-state index contributed by atoms with van der Waals surface area (Å²) in [5, 5.41) is 5.13. The van der Waals surface area contributed by atoms with Crippen molar-refractivity contribution in [2.45, 2.75) is 25.8 Å². The first-order valence-electron chi connectivity index (χ1n) is 7.45. The van der Waals surface area contributed by atoms with Gasteiger partial charge in [-0.25, -0.2) is 17.7 Å². The van der Waals surface area contributed by atoms with E-state index in [1.807, 2.05) is 19.2 Å². The molecule has 23 heavy (non-hydrogen) atoms. The number of sulfonamides is 1. The van der Waals surface area contributed by atoms with Crippen LogP contribution in [0.4, 0.5) is 0 Å². The predicted octanol–water partition coefficient (Wildman–Crippen LogP) is 0.903. The summed E-state index contributed by atoms with van der Waals surface area (Å²) in [6.07, 6.45) is 0. The first-order chi connectivity index (χ1) is 10.7. The van der Waals surface area contributed by atoms with Crippen molar-refractivity contribution in [3.8, 4) is 0 Å². The Balaban J connectivity index is 2.01. The molecule has 1 fully saturated rings. The van der Waals surface area contributed by atoms with Crippen molar-refractivity contribution >= 4 is 27.3 Å². The van der Waals surface area contributed by atoms with Crippen LogP contribution in [0.1, 0.15) is 35.3 Å². The van der Waals surface area contributed by atoms with Gasteiger partial charge < -0.3 is 10.1 Å². The van der Waals surface area contributed by atoms with Gasteiger partial charge in [-0.3, -0.25) is 4.79 Å². The normalized spacial score (nSPS) is 22.0.